The van der Waals surface area contributed by atoms with Crippen LogP contribution in [0.15, 0.2) is 0 Å². The Morgan fingerprint density at radius 3 is 2.07 bits per heavy atom. The van der Waals surface area contributed by atoms with Crippen LogP contribution in [-0.4, -0.2) is 65.5 Å². The minimum atomic E-state index is 0.0964. The highest BCUT2D eigenvalue weighted by Gasteiger charge is 2.21. The van der Waals surface area contributed by atoms with E-state index in [2.05, 4.69) is 36.3 Å². The highest BCUT2D eigenvalue weighted by molar-refractivity contribution is 7.81. The predicted molar refractivity (Wildman–Crippen MR) is 63.0 cm³/mol. The van der Waals surface area contributed by atoms with Crippen molar-refractivity contribution in [1.82, 2.24) is 9.80 Å². The van der Waals surface area contributed by atoms with Gasteiger partial charge in [0, 0.05) is 44.0 Å². The molecule has 0 radical (unpaired) electrons. The molecule has 1 heterocycles. The second-order valence-electron chi connectivity index (χ2n) is 4.65. The molecule has 0 saturated carbocycles. The highest BCUT2D eigenvalue weighted by atomic mass is 32.1. The summed E-state index contributed by atoms with van der Waals surface area (Å²) in [5, 5.41) is 8.80. The van der Waals surface area contributed by atoms with E-state index in [1.54, 1.807) is 0 Å². The molecular weight excluding hydrogens is 196 g/mol. The Kier molecular flexibility index (Phi) is 4.70. The van der Waals surface area contributed by atoms with Gasteiger partial charge in [-0.3, -0.25) is 9.80 Å². The van der Waals surface area contributed by atoms with Crippen molar-refractivity contribution in [3.8, 4) is 0 Å². The second kappa shape index (κ2) is 5.35. The minimum Gasteiger partial charge on any atom is -0.395 e. The number of aliphatic hydroxyl groups is 1. The molecule has 0 aromatic carbocycles. The van der Waals surface area contributed by atoms with Gasteiger partial charge in [0.2, 0.25) is 0 Å². The van der Waals surface area contributed by atoms with Crippen LogP contribution in [0.1, 0.15) is 13.8 Å². The molecule has 0 spiro atoms. The molecule has 4 heteroatoms. The van der Waals surface area contributed by atoms with Crippen molar-refractivity contribution in [3.05, 3.63) is 0 Å². The van der Waals surface area contributed by atoms with Crippen LogP contribution in [0.3, 0.4) is 0 Å². The lowest BCUT2D eigenvalue weighted by Gasteiger charge is -2.37. The average Bonchev–Trinajstić information content (AvgIpc) is 2.06. The van der Waals surface area contributed by atoms with Crippen molar-refractivity contribution < 1.29 is 5.11 Å². The van der Waals surface area contributed by atoms with Crippen molar-refractivity contribution in [2.45, 2.75) is 18.6 Å². The van der Waals surface area contributed by atoms with Gasteiger partial charge in [-0.25, -0.2) is 0 Å². The van der Waals surface area contributed by atoms with Crippen LogP contribution in [-0.2, 0) is 0 Å². The van der Waals surface area contributed by atoms with Crippen LogP contribution in [0.4, 0.5) is 0 Å². The smallest absolute Gasteiger partial charge is 0.0558 e. The highest BCUT2D eigenvalue weighted by Crippen LogP contribution is 2.15. The Labute approximate surface area is 92.5 Å². The summed E-state index contributed by atoms with van der Waals surface area (Å²) in [5.41, 5.74) is 0. The third-order valence-corrected chi connectivity index (χ3v) is 2.63. The molecule has 0 bridgehead atoms. The molecule has 1 aliphatic heterocycles. The predicted octanol–water partition coefficient (Wildman–Crippen LogP) is 0.305. The molecule has 0 aromatic rings. The lowest BCUT2D eigenvalue weighted by Crippen LogP contribution is -2.49. The molecule has 0 unspecified atom stereocenters. The van der Waals surface area contributed by atoms with Gasteiger partial charge in [-0.15, -0.1) is 0 Å². The summed E-state index contributed by atoms with van der Waals surface area (Å²) in [6, 6.07) is 0. The third-order valence-electron chi connectivity index (χ3n) is 2.49. The Hall–Kier alpha value is 0.230. The van der Waals surface area contributed by atoms with E-state index in [4.69, 9.17) is 5.11 Å². The van der Waals surface area contributed by atoms with Gasteiger partial charge < -0.3 is 5.11 Å². The normalized spacial score (nSPS) is 21.4. The van der Waals surface area contributed by atoms with Crippen LogP contribution in [0.5, 0.6) is 0 Å². The maximum atomic E-state index is 8.80. The van der Waals surface area contributed by atoms with Crippen LogP contribution in [0, 0.1) is 0 Å². The quantitative estimate of drug-likeness (QED) is 0.665. The molecule has 3 nitrogen and oxygen atoms in total. The standard InChI is InChI=1S/C10H22N2OS/c1-10(2,14)9-12-5-3-11(4-6-12)7-8-13/h13-14H,3-9H2,1-2H3. The Bertz CT molecular complexity index is 162. The van der Waals surface area contributed by atoms with Crippen LogP contribution >= 0.6 is 12.6 Å². The van der Waals surface area contributed by atoms with Gasteiger partial charge in [0.1, 0.15) is 0 Å². The first kappa shape index (κ1) is 12.3. The van der Waals surface area contributed by atoms with Crippen molar-refractivity contribution in [2.24, 2.45) is 0 Å². The van der Waals surface area contributed by atoms with Gasteiger partial charge in [0.25, 0.3) is 0 Å². The Morgan fingerprint density at radius 1 is 1.14 bits per heavy atom. The summed E-state index contributed by atoms with van der Waals surface area (Å²) in [4.78, 5) is 4.75. The molecule has 1 saturated heterocycles. The van der Waals surface area contributed by atoms with E-state index in [9.17, 15) is 0 Å². The second-order valence-corrected chi connectivity index (χ2v) is 5.86. The van der Waals surface area contributed by atoms with Gasteiger partial charge in [-0.2, -0.15) is 12.6 Å². The summed E-state index contributed by atoms with van der Waals surface area (Å²) in [5.74, 6) is 0. The largest absolute Gasteiger partial charge is 0.395 e. The van der Waals surface area contributed by atoms with E-state index in [0.717, 1.165) is 39.3 Å². The maximum absolute atomic E-state index is 8.80. The average molecular weight is 218 g/mol. The van der Waals surface area contributed by atoms with Gasteiger partial charge in [0.05, 0.1) is 6.61 Å². The molecule has 1 fully saturated rings. The monoisotopic (exact) mass is 218 g/mol. The van der Waals surface area contributed by atoms with Crippen LogP contribution in [0.25, 0.3) is 0 Å². The van der Waals surface area contributed by atoms with Crippen molar-refractivity contribution in [2.75, 3.05) is 45.9 Å². The number of thiol groups is 1. The van der Waals surface area contributed by atoms with Crippen molar-refractivity contribution in [1.29, 1.82) is 0 Å². The summed E-state index contributed by atoms with van der Waals surface area (Å²) in [6.45, 7) is 10.8. The molecule has 84 valence electrons. The first-order chi connectivity index (χ1) is 6.51. The van der Waals surface area contributed by atoms with Crippen LogP contribution < -0.4 is 0 Å². The third kappa shape index (κ3) is 4.64. The zero-order valence-electron chi connectivity index (χ0n) is 9.24. The summed E-state index contributed by atoms with van der Waals surface area (Å²) >= 11 is 4.53. The molecule has 1 N–H and O–H groups in total. The SMILES string of the molecule is CC(C)(S)CN1CCN(CCO)CC1. The molecule has 1 rings (SSSR count). The summed E-state index contributed by atoms with van der Waals surface area (Å²) in [7, 11) is 0. The first-order valence-electron chi connectivity index (χ1n) is 5.29. The number of piperazine rings is 1. The van der Waals surface area contributed by atoms with E-state index in [0.29, 0.717) is 0 Å². The number of nitrogens with zero attached hydrogens (tertiary/aromatic N) is 2. The van der Waals surface area contributed by atoms with E-state index in [-0.39, 0.29) is 11.4 Å². The van der Waals surface area contributed by atoms with Gasteiger partial charge in [0.15, 0.2) is 0 Å². The molecule has 0 aliphatic carbocycles. The topological polar surface area (TPSA) is 26.7 Å². The molecule has 0 amide bonds. The molecule has 0 aromatic heterocycles. The molecule has 14 heavy (non-hydrogen) atoms. The Balaban J connectivity index is 2.22. The maximum Gasteiger partial charge on any atom is 0.0558 e. The van der Waals surface area contributed by atoms with E-state index in [1.807, 2.05) is 0 Å². The zero-order valence-corrected chi connectivity index (χ0v) is 10.1. The molecular formula is C10H22N2OS. The first-order valence-corrected chi connectivity index (χ1v) is 5.74. The number of β-amino-alcohol motifs (C(OH)–C–C–N with tert-alkyl or cyclic N) is 1. The van der Waals surface area contributed by atoms with Crippen molar-refractivity contribution in [3.63, 3.8) is 0 Å². The number of aliphatic hydroxyl groups excluding tert-OH is 1. The fraction of sp³-hybridized carbons (Fsp3) is 1.00. The lowest BCUT2D eigenvalue weighted by molar-refractivity contribution is 0.108. The zero-order chi connectivity index (χ0) is 10.6. The number of hydrogen-bond donors (Lipinski definition) is 2. The van der Waals surface area contributed by atoms with Crippen molar-refractivity contribution >= 4 is 12.6 Å². The fourth-order valence-electron chi connectivity index (χ4n) is 1.86. The van der Waals surface area contributed by atoms with Gasteiger partial charge >= 0.3 is 0 Å². The van der Waals surface area contributed by atoms with E-state index >= 15 is 0 Å². The summed E-state index contributed by atoms with van der Waals surface area (Å²) in [6.07, 6.45) is 0. The van der Waals surface area contributed by atoms with E-state index in [1.165, 1.54) is 0 Å². The Morgan fingerprint density at radius 2 is 1.64 bits per heavy atom. The summed E-state index contributed by atoms with van der Waals surface area (Å²) < 4.78 is 0.0964. The van der Waals surface area contributed by atoms with Gasteiger partial charge in [-0.1, -0.05) is 0 Å². The molecule has 0 atom stereocenters. The minimum absolute atomic E-state index is 0.0964. The van der Waals surface area contributed by atoms with E-state index < -0.39 is 0 Å². The van der Waals surface area contributed by atoms with Gasteiger partial charge in [-0.05, 0) is 13.8 Å². The number of rotatable bonds is 4. The van der Waals surface area contributed by atoms with Crippen LogP contribution in [0.2, 0.25) is 0 Å². The number of hydrogen-bond acceptors (Lipinski definition) is 4. The lowest BCUT2D eigenvalue weighted by atomic mass is 10.1. The fourth-order valence-corrected chi connectivity index (χ4v) is 2.06. The molecule has 1 aliphatic rings.